The Morgan fingerprint density at radius 2 is 1.87 bits per heavy atom. The molecule has 4 rings (SSSR count). The van der Waals surface area contributed by atoms with E-state index in [1.165, 1.54) is 18.4 Å². The zero-order valence-electron chi connectivity index (χ0n) is 16.4. The van der Waals surface area contributed by atoms with Crippen LogP contribution in [0.3, 0.4) is 0 Å². The van der Waals surface area contributed by atoms with Crippen LogP contribution in [0.1, 0.15) is 39.2 Å². The Morgan fingerprint density at radius 3 is 2.60 bits per heavy atom. The van der Waals surface area contributed by atoms with Crippen LogP contribution in [0.25, 0.3) is 4.91 Å². The highest BCUT2D eigenvalue weighted by molar-refractivity contribution is 8.00. The van der Waals surface area contributed by atoms with Gasteiger partial charge in [-0.05, 0) is 36.8 Å². The van der Waals surface area contributed by atoms with Crippen molar-refractivity contribution in [1.29, 1.82) is 0 Å². The number of hydrogen-bond acceptors (Lipinski definition) is 7. The molecule has 9 heteroatoms. The van der Waals surface area contributed by atoms with Gasteiger partial charge in [-0.15, -0.1) is 11.3 Å². The number of aryl methyl sites for hydroxylation is 1. The van der Waals surface area contributed by atoms with Crippen LogP contribution in [0.4, 0.5) is 5.00 Å². The normalized spacial score (nSPS) is 17.6. The molecule has 0 bridgehead atoms. The molecule has 158 valence electrons. The van der Waals surface area contributed by atoms with Crippen molar-refractivity contribution in [2.24, 2.45) is 0 Å². The number of rotatable bonds is 4. The van der Waals surface area contributed by atoms with E-state index in [1.54, 1.807) is 30.3 Å². The number of carbonyl (C=O) groups is 2. The fourth-order valence-electron chi connectivity index (χ4n) is 3.76. The van der Waals surface area contributed by atoms with Crippen LogP contribution in [-0.2, 0) is 36.9 Å². The van der Waals surface area contributed by atoms with Gasteiger partial charge in [-0.1, -0.05) is 30.3 Å². The number of hydrogen-bond donors (Lipinski definition) is 1. The maximum atomic E-state index is 13.1. The summed E-state index contributed by atoms with van der Waals surface area (Å²) in [7, 11) is -2.39. The lowest BCUT2D eigenvalue weighted by atomic mass is 9.95. The molecule has 1 aliphatic carbocycles. The Morgan fingerprint density at radius 1 is 1.13 bits per heavy atom. The maximum Gasteiger partial charge on any atom is 0.341 e. The van der Waals surface area contributed by atoms with E-state index in [0.29, 0.717) is 16.1 Å². The van der Waals surface area contributed by atoms with Crippen LogP contribution in [-0.4, -0.2) is 39.8 Å². The molecule has 1 aromatic carbocycles. The van der Waals surface area contributed by atoms with Gasteiger partial charge in [0.1, 0.15) is 16.5 Å². The standard InChI is InChI=1S/C21H21NO6S2/c1-27-21(24)16-14-9-5-6-10-15(14)29-20(16)22-19(23)17-18(13-7-3-2-4-8-13)30(25,26)12-11-28-17/h2-4,7-8H,5-6,9-12H2,1H3,(H,22,23). The van der Waals surface area contributed by atoms with Crippen LogP contribution in [0, 0.1) is 0 Å². The second-order valence-electron chi connectivity index (χ2n) is 7.05. The first kappa shape index (κ1) is 20.6. The number of sulfone groups is 1. The molecule has 0 saturated carbocycles. The minimum atomic E-state index is -3.69. The first-order chi connectivity index (χ1) is 14.4. The van der Waals surface area contributed by atoms with Crippen molar-refractivity contribution in [3.05, 3.63) is 57.7 Å². The van der Waals surface area contributed by atoms with Crippen molar-refractivity contribution < 1.29 is 27.5 Å². The summed E-state index contributed by atoms with van der Waals surface area (Å²) in [6.07, 6.45) is 3.57. The predicted molar refractivity (Wildman–Crippen MR) is 114 cm³/mol. The number of benzene rings is 1. The van der Waals surface area contributed by atoms with Gasteiger partial charge in [0.25, 0.3) is 5.91 Å². The monoisotopic (exact) mass is 447 g/mol. The average Bonchev–Trinajstić information content (AvgIpc) is 3.10. The van der Waals surface area contributed by atoms with Crippen molar-refractivity contribution >= 4 is 43.0 Å². The highest BCUT2D eigenvalue weighted by atomic mass is 32.2. The number of anilines is 1. The van der Waals surface area contributed by atoms with Crippen LogP contribution in [0.5, 0.6) is 0 Å². The zero-order chi connectivity index (χ0) is 21.3. The summed E-state index contributed by atoms with van der Waals surface area (Å²) in [4.78, 5) is 26.4. The molecule has 1 amide bonds. The van der Waals surface area contributed by atoms with Gasteiger partial charge in [-0.3, -0.25) is 4.79 Å². The number of nitrogens with one attached hydrogen (secondary N) is 1. The molecule has 1 aliphatic heterocycles. The lowest BCUT2D eigenvalue weighted by Crippen LogP contribution is -2.28. The Balaban J connectivity index is 1.77. The first-order valence-electron chi connectivity index (χ1n) is 9.62. The Hall–Kier alpha value is -2.65. The molecule has 2 heterocycles. The van der Waals surface area contributed by atoms with E-state index < -0.39 is 21.7 Å². The summed E-state index contributed by atoms with van der Waals surface area (Å²) >= 11 is 1.33. The quantitative estimate of drug-likeness (QED) is 0.723. The fourth-order valence-corrected chi connectivity index (χ4v) is 6.47. The molecule has 0 spiro atoms. The van der Waals surface area contributed by atoms with E-state index in [0.717, 1.165) is 36.1 Å². The maximum absolute atomic E-state index is 13.1. The van der Waals surface area contributed by atoms with Crippen LogP contribution in [0.2, 0.25) is 0 Å². The third-order valence-electron chi connectivity index (χ3n) is 5.15. The number of carbonyl (C=O) groups excluding carboxylic acids is 2. The number of amides is 1. The summed E-state index contributed by atoms with van der Waals surface area (Å²) in [5.74, 6) is -1.66. The summed E-state index contributed by atoms with van der Waals surface area (Å²) in [6.45, 7) is -0.105. The van der Waals surface area contributed by atoms with Crippen molar-refractivity contribution in [2.75, 3.05) is 24.8 Å². The summed E-state index contributed by atoms with van der Waals surface area (Å²) < 4.78 is 35.9. The molecule has 0 unspecified atom stereocenters. The van der Waals surface area contributed by atoms with Crippen molar-refractivity contribution in [2.45, 2.75) is 25.7 Å². The minimum absolute atomic E-state index is 0.105. The van der Waals surface area contributed by atoms with Gasteiger partial charge in [0.05, 0.1) is 18.4 Å². The van der Waals surface area contributed by atoms with E-state index in [2.05, 4.69) is 5.32 Å². The molecular weight excluding hydrogens is 426 g/mol. The predicted octanol–water partition coefficient (Wildman–Crippen LogP) is 3.17. The smallest absolute Gasteiger partial charge is 0.341 e. The topological polar surface area (TPSA) is 98.8 Å². The van der Waals surface area contributed by atoms with Gasteiger partial charge in [-0.25, -0.2) is 13.2 Å². The number of fused-ring (bicyclic) bond motifs is 1. The van der Waals surface area contributed by atoms with E-state index in [-0.39, 0.29) is 23.0 Å². The van der Waals surface area contributed by atoms with Gasteiger partial charge in [0.15, 0.2) is 9.84 Å². The molecule has 0 saturated heterocycles. The Labute approximate surface area is 178 Å². The molecule has 1 aromatic heterocycles. The highest BCUT2D eigenvalue weighted by Gasteiger charge is 2.34. The molecule has 30 heavy (non-hydrogen) atoms. The lowest BCUT2D eigenvalue weighted by molar-refractivity contribution is -0.115. The van der Waals surface area contributed by atoms with Crippen LogP contribution < -0.4 is 5.32 Å². The minimum Gasteiger partial charge on any atom is -0.486 e. The second-order valence-corrected chi connectivity index (χ2v) is 10.2. The van der Waals surface area contributed by atoms with E-state index in [1.807, 2.05) is 0 Å². The van der Waals surface area contributed by atoms with Crippen molar-refractivity contribution in [3.8, 4) is 0 Å². The molecule has 0 fully saturated rings. The third kappa shape index (κ3) is 3.75. The van der Waals surface area contributed by atoms with Gasteiger partial charge in [-0.2, -0.15) is 0 Å². The Kier molecular flexibility index (Phi) is 5.66. The molecular formula is C21H21NO6S2. The number of esters is 1. The molecule has 7 nitrogen and oxygen atoms in total. The number of ether oxygens (including phenoxy) is 2. The fraction of sp³-hybridized carbons (Fsp3) is 0.333. The molecule has 0 radical (unpaired) electrons. The first-order valence-corrected chi connectivity index (χ1v) is 12.1. The second kappa shape index (κ2) is 8.23. The SMILES string of the molecule is COC(=O)c1c(NC(=O)C2=C(c3ccccc3)S(=O)(=O)CCO2)sc2c1CCCC2. The van der Waals surface area contributed by atoms with Gasteiger partial charge in [0.2, 0.25) is 5.76 Å². The lowest BCUT2D eigenvalue weighted by Gasteiger charge is -2.21. The van der Waals surface area contributed by atoms with Crippen molar-refractivity contribution in [3.63, 3.8) is 0 Å². The summed E-state index contributed by atoms with van der Waals surface area (Å²) in [5, 5.41) is 3.09. The summed E-state index contributed by atoms with van der Waals surface area (Å²) in [5.41, 5.74) is 1.65. The summed E-state index contributed by atoms with van der Waals surface area (Å²) in [6, 6.07) is 8.41. The van der Waals surface area contributed by atoms with Gasteiger partial charge < -0.3 is 14.8 Å². The highest BCUT2D eigenvalue weighted by Crippen LogP contribution is 2.39. The van der Waals surface area contributed by atoms with E-state index in [9.17, 15) is 18.0 Å². The average molecular weight is 448 g/mol. The third-order valence-corrected chi connectivity index (χ3v) is 8.10. The Bertz CT molecular complexity index is 1130. The molecule has 0 atom stereocenters. The van der Waals surface area contributed by atoms with Gasteiger partial charge in [0, 0.05) is 4.88 Å². The number of thiophene rings is 1. The van der Waals surface area contributed by atoms with E-state index in [4.69, 9.17) is 9.47 Å². The number of methoxy groups -OCH3 is 1. The zero-order valence-corrected chi connectivity index (χ0v) is 18.0. The van der Waals surface area contributed by atoms with Gasteiger partial charge >= 0.3 is 5.97 Å². The van der Waals surface area contributed by atoms with Crippen LogP contribution >= 0.6 is 11.3 Å². The van der Waals surface area contributed by atoms with Crippen molar-refractivity contribution in [1.82, 2.24) is 0 Å². The molecule has 1 N–H and O–H groups in total. The van der Waals surface area contributed by atoms with Crippen LogP contribution in [0.15, 0.2) is 36.1 Å². The molecule has 2 aromatic rings. The molecule has 2 aliphatic rings. The largest absolute Gasteiger partial charge is 0.486 e. The van der Waals surface area contributed by atoms with E-state index >= 15 is 0 Å².